The van der Waals surface area contributed by atoms with Gasteiger partial charge in [0.1, 0.15) is 5.82 Å². The zero-order valence-electron chi connectivity index (χ0n) is 15.9. The van der Waals surface area contributed by atoms with Crippen LogP contribution in [0.15, 0.2) is 35.0 Å². The van der Waals surface area contributed by atoms with Gasteiger partial charge in [0.05, 0.1) is 10.9 Å². The monoisotopic (exact) mass is 397 g/mol. The molecule has 8 nitrogen and oxygen atoms in total. The van der Waals surface area contributed by atoms with Crippen LogP contribution in [0.1, 0.15) is 0 Å². The van der Waals surface area contributed by atoms with Crippen molar-refractivity contribution in [3.05, 3.63) is 35.0 Å². The number of hydrogen-bond acceptors (Lipinski definition) is 7. The quantitative estimate of drug-likeness (QED) is 0.706. The Balaban J connectivity index is 1.39. The van der Waals surface area contributed by atoms with Crippen molar-refractivity contribution in [1.82, 2.24) is 14.9 Å². The van der Waals surface area contributed by atoms with E-state index in [2.05, 4.69) is 20.2 Å². The molecule has 3 aromatic rings. The molecule has 4 rings (SSSR count). The number of urea groups is 1. The van der Waals surface area contributed by atoms with E-state index in [0.717, 1.165) is 28.1 Å². The van der Waals surface area contributed by atoms with Gasteiger partial charge in [0.2, 0.25) is 5.95 Å². The van der Waals surface area contributed by atoms with Gasteiger partial charge in [-0.1, -0.05) is 0 Å². The number of nitrogens with two attached hydrogens (primary N) is 1. The van der Waals surface area contributed by atoms with E-state index in [0.29, 0.717) is 26.2 Å². The standard InChI is InChI=1S/C19H23N7OS/c1-24(2)14-5-3-13(4-6-14)21-19(27)26-9-7-25(8-10-26)17-15-11-28-12-16(15)22-18(20)23-17/h3-6,11-12H,7-10H2,1-2H3,(H2,20,22)(H,21,27). The van der Waals surface area contributed by atoms with Crippen molar-refractivity contribution in [2.24, 2.45) is 0 Å². The van der Waals surface area contributed by atoms with Gasteiger partial charge in [0, 0.05) is 62.4 Å². The van der Waals surface area contributed by atoms with E-state index < -0.39 is 0 Å². The third-order valence-electron chi connectivity index (χ3n) is 4.84. The van der Waals surface area contributed by atoms with E-state index >= 15 is 0 Å². The second kappa shape index (κ2) is 7.51. The molecule has 0 atom stereocenters. The van der Waals surface area contributed by atoms with E-state index in [4.69, 9.17) is 5.73 Å². The number of nitrogen functional groups attached to an aromatic ring is 1. The zero-order valence-corrected chi connectivity index (χ0v) is 16.7. The number of carbonyl (C=O) groups is 1. The molecule has 0 saturated carbocycles. The molecule has 2 amide bonds. The molecule has 0 spiro atoms. The first kappa shape index (κ1) is 18.3. The van der Waals surface area contributed by atoms with E-state index in [1.54, 1.807) is 11.3 Å². The molecule has 3 N–H and O–H groups in total. The van der Waals surface area contributed by atoms with Gasteiger partial charge in [0.15, 0.2) is 0 Å². The summed E-state index contributed by atoms with van der Waals surface area (Å²) in [6.45, 7) is 2.65. The summed E-state index contributed by atoms with van der Waals surface area (Å²) >= 11 is 1.59. The molecule has 0 aliphatic carbocycles. The van der Waals surface area contributed by atoms with E-state index in [1.165, 1.54) is 0 Å². The Morgan fingerprint density at radius 3 is 2.50 bits per heavy atom. The molecule has 9 heteroatoms. The number of nitrogens with one attached hydrogen (secondary N) is 1. The Labute approximate surface area is 167 Å². The number of hydrogen-bond donors (Lipinski definition) is 2. The van der Waals surface area contributed by atoms with Crippen LogP contribution >= 0.6 is 11.3 Å². The van der Waals surface area contributed by atoms with E-state index in [-0.39, 0.29) is 12.0 Å². The highest BCUT2D eigenvalue weighted by molar-refractivity contribution is 7.09. The van der Waals surface area contributed by atoms with Gasteiger partial charge in [-0.15, -0.1) is 11.3 Å². The minimum Gasteiger partial charge on any atom is -0.378 e. The highest BCUT2D eigenvalue weighted by atomic mass is 32.1. The summed E-state index contributed by atoms with van der Waals surface area (Å²) in [7, 11) is 3.98. The lowest BCUT2D eigenvalue weighted by Crippen LogP contribution is -2.50. The molecule has 28 heavy (non-hydrogen) atoms. The molecular formula is C19H23N7OS. The van der Waals surface area contributed by atoms with Crippen LogP contribution in [-0.2, 0) is 0 Å². The van der Waals surface area contributed by atoms with Gasteiger partial charge in [-0.3, -0.25) is 0 Å². The highest BCUT2D eigenvalue weighted by Crippen LogP contribution is 2.28. The normalized spacial score (nSPS) is 14.4. The fraction of sp³-hybridized carbons (Fsp3) is 0.316. The Kier molecular flexibility index (Phi) is 4.91. The maximum atomic E-state index is 12.6. The number of rotatable bonds is 3. The van der Waals surface area contributed by atoms with Gasteiger partial charge >= 0.3 is 6.03 Å². The topological polar surface area (TPSA) is 90.6 Å². The van der Waals surface area contributed by atoms with Crippen molar-refractivity contribution in [1.29, 1.82) is 0 Å². The molecule has 1 aliphatic rings. The van der Waals surface area contributed by atoms with Gasteiger partial charge < -0.3 is 25.8 Å². The molecule has 1 fully saturated rings. The summed E-state index contributed by atoms with van der Waals surface area (Å²) < 4.78 is 0. The van der Waals surface area contributed by atoms with Crippen molar-refractivity contribution < 1.29 is 4.79 Å². The number of benzene rings is 1. The van der Waals surface area contributed by atoms with Crippen molar-refractivity contribution in [2.75, 3.05) is 61.1 Å². The number of carbonyl (C=O) groups excluding carboxylic acids is 1. The molecule has 146 valence electrons. The number of anilines is 4. The van der Waals surface area contributed by atoms with Crippen LogP contribution in [0, 0.1) is 0 Å². The van der Waals surface area contributed by atoms with E-state index in [1.807, 2.05) is 58.9 Å². The van der Waals surface area contributed by atoms with Gasteiger partial charge in [-0.2, -0.15) is 4.98 Å². The third kappa shape index (κ3) is 3.65. The first-order valence-corrected chi connectivity index (χ1v) is 10.0. The molecule has 0 unspecified atom stereocenters. The largest absolute Gasteiger partial charge is 0.378 e. The van der Waals surface area contributed by atoms with Crippen LogP contribution in [0.3, 0.4) is 0 Å². The Hall–Kier alpha value is -3.07. The molecule has 1 aliphatic heterocycles. The first-order valence-electron chi connectivity index (χ1n) is 9.09. The molecule has 2 aromatic heterocycles. The smallest absolute Gasteiger partial charge is 0.321 e. The van der Waals surface area contributed by atoms with Crippen molar-refractivity contribution in [2.45, 2.75) is 0 Å². The lowest BCUT2D eigenvalue weighted by molar-refractivity contribution is 0.208. The van der Waals surface area contributed by atoms with Gasteiger partial charge in [0.25, 0.3) is 0 Å². The molecule has 0 bridgehead atoms. The SMILES string of the molecule is CN(C)c1ccc(NC(=O)N2CCN(c3nc(N)nc4cscc34)CC2)cc1. The summed E-state index contributed by atoms with van der Waals surface area (Å²) in [4.78, 5) is 27.3. The highest BCUT2D eigenvalue weighted by Gasteiger charge is 2.24. The van der Waals surface area contributed by atoms with Crippen LogP contribution < -0.4 is 20.9 Å². The maximum Gasteiger partial charge on any atom is 0.321 e. The van der Waals surface area contributed by atoms with Crippen LogP contribution in [-0.4, -0.2) is 61.2 Å². The van der Waals surface area contributed by atoms with Crippen LogP contribution in [0.2, 0.25) is 0 Å². The summed E-state index contributed by atoms with van der Waals surface area (Å²) in [6.07, 6.45) is 0. The fourth-order valence-electron chi connectivity index (χ4n) is 3.27. The van der Waals surface area contributed by atoms with E-state index in [9.17, 15) is 4.79 Å². The second-order valence-electron chi connectivity index (χ2n) is 6.92. The first-order chi connectivity index (χ1) is 13.5. The van der Waals surface area contributed by atoms with Crippen LogP contribution in [0.25, 0.3) is 10.9 Å². The van der Waals surface area contributed by atoms with Gasteiger partial charge in [-0.25, -0.2) is 9.78 Å². The Morgan fingerprint density at radius 2 is 1.82 bits per heavy atom. The van der Waals surface area contributed by atoms with Crippen LogP contribution in [0.5, 0.6) is 0 Å². The number of nitrogens with zero attached hydrogens (tertiary/aromatic N) is 5. The lowest BCUT2D eigenvalue weighted by atomic mass is 10.2. The minimum absolute atomic E-state index is 0.0832. The maximum absolute atomic E-state index is 12.6. The van der Waals surface area contributed by atoms with Crippen molar-refractivity contribution in [3.63, 3.8) is 0 Å². The van der Waals surface area contributed by atoms with Crippen LogP contribution in [0.4, 0.5) is 27.9 Å². The molecule has 0 radical (unpaired) electrons. The van der Waals surface area contributed by atoms with Crippen molar-refractivity contribution >= 4 is 51.4 Å². The Morgan fingerprint density at radius 1 is 1.11 bits per heavy atom. The fourth-order valence-corrected chi connectivity index (χ4v) is 4.01. The number of fused-ring (bicyclic) bond motifs is 1. The predicted molar refractivity (Wildman–Crippen MR) is 115 cm³/mol. The Bertz CT molecular complexity index is 978. The molecule has 1 saturated heterocycles. The molecule has 3 heterocycles. The number of amides is 2. The summed E-state index contributed by atoms with van der Waals surface area (Å²) in [5.41, 5.74) is 8.61. The number of thiophene rings is 1. The number of piperazine rings is 1. The van der Waals surface area contributed by atoms with Crippen molar-refractivity contribution in [3.8, 4) is 0 Å². The third-order valence-corrected chi connectivity index (χ3v) is 5.57. The zero-order chi connectivity index (χ0) is 19.7. The van der Waals surface area contributed by atoms with Gasteiger partial charge in [-0.05, 0) is 24.3 Å². The summed E-state index contributed by atoms with van der Waals surface area (Å²) in [5, 5.41) is 8.00. The second-order valence-corrected chi connectivity index (χ2v) is 7.67. The average molecular weight is 398 g/mol. The number of aromatic nitrogens is 2. The lowest BCUT2D eigenvalue weighted by Gasteiger charge is -2.35. The molecule has 1 aromatic carbocycles. The predicted octanol–water partition coefficient (Wildman–Crippen LogP) is 2.69. The molecular weight excluding hydrogens is 374 g/mol. The minimum atomic E-state index is -0.0832. The average Bonchev–Trinajstić information content (AvgIpc) is 3.16. The summed E-state index contributed by atoms with van der Waals surface area (Å²) in [5.74, 6) is 1.13. The summed E-state index contributed by atoms with van der Waals surface area (Å²) in [6, 6.07) is 7.72.